The first-order valence-corrected chi connectivity index (χ1v) is 9.98. The number of carbonyl (C=O) groups excluding carboxylic acids is 1. The summed E-state index contributed by atoms with van der Waals surface area (Å²) in [6.07, 6.45) is 4.76. The van der Waals surface area contributed by atoms with Gasteiger partial charge in [0.25, 0.3) is 0 Å². The van der Waals surface area contributed by atoms with Crippen LogP contribution in [0.5, 0.6) is 0 Å². The van der Waals surface area contributed by atoms with Crippen LogP contribution < -0.4 is 0 Å². The van der Waals surface area contributed by atoms with Crippen LogP contribution in [-0.2, 0) is 19.4 Å². The van der Waals surface area contributed by atoms with E-state index in [0.29, 0.717) is 5.75 Å². The molecule has 0 amide bonds. The Morgan fingerprint density at radius 2 is 1.92 bits per heavy atom. The predicted octanol–water partition coefficient (Wildman–Crippen LogP) is 4.91. The van der Waals surface area contributed by atoms with E-state index in [4.69, 9.17) is 4.98 Å². The Morgan fingerprint density at radius 3 is 2.76 bits per heavy atom. The lowest BCUT2D eigenvalue weighted by Gasteiger charge is -2.16. The lowest BCUT2D eigenvalue weighted by molar-refractivity contribution is 0.102. The third kappa shape index (κ3) is 3.23. The van der Waals surface area contributed by atoms with E-state index in [-0.39, 0.29) is 5.78 Å². The minimum atomic E-state index is 0.188. The summed E-state index contributed by atoms with van der Waals surface area (Å²) < 4.78 is 2.18. The van der Waals surface area contributed by atoms with Crippen LogP contribution in [0.2, 0.25) is 0 Å². The maximum absolute atomic E-state index is 12.7. The van der Waals surface area contributed by atoms with Crippen molar-refractivity contribution in [3.8, 4) is 0 Å². The lowest BCUT2D eigenvalue weighted by Crippen LogP contribution is -2.08. The topological polar surface area (TPSA) is 34.9 Å². The third-order valence-electron chi connectivity index (χ3n) is 4.94. The zero-order valence-corrected chi connectivity index (χ0v) is 15.3. The van der Waals surface area contributed by atoms with Crippen molar-refractivity contribution in [1.29, 1.82) is 0 Å². The normalized spacial score (nSPS) is 13.8. The molecule has 0 fully saturated rings. The summed E-state index contributed by atoms with van der Waals surface area (Å²) in [5.41, 5.74) is 5.75. The van der Waals surface area contributed by atoms with Gasteiger partial charge < -0.3 is 4.57 Å². The van der Waals surface area contributed by atoms with Crippen molar-refractivity contribution in [2.75, 3.05) is 5.75 Å². The minimum absolute atomic E-state index is 0.188. The van der Waals surface area contributed by atoms with E-state index in [1.807, 2.05) is 24.3 Å². The van der Waals surface area contributed by atoms with Crippen molar-refractivity contribution < 1.29 is 4.79 Å². The average molecular weight is 350 g/mol. The number of Topliss-reactive ketones (excluding diaryl/α,β-unsaturated/α-hetero) is 1. The first-order chi connectivity index (χ1) is 12.3. The predicted molar refractivity (Wildman–Crippen MR) is 104 cm³/mol. The first-order valence-electron chi connectivity index (χ1n) is 8.99. The molecule has 0 saturated carbocycles. The second kappa shape index (κ2) is 7.04. The van der Waals surface area contributed by atoms with Crippen molar-refractivity contribution >= 4 is 28.6 Å². The number of imidazole rings is 1. The van der Waals surface area contributed by atoms with E-state index in [1.165, 1.54) is 24.0 Å². The number of fused-ring (bicyclic) bond motifs is 2. The second-order valence-electron chi connectivity index (χ2n) is 6.53. The molecule has 1 aliphatic rings. The fraction of sp³-hybridized carbons (Fsp3) is 0.333. The first kappa shape index (κ1) is 16.4. The van der Waals surface area contributed by atoms with Crippen molar-refractivity contribution in [1.82, 2.24) is 9.55 Å². The quantitative estimate of drug-likeness (QED) is 0.484. The second-order valence-corrected chi connectivity index (χ2v) is 7.47. The Balaban J connectivity index is 1.52. The molecular weight excluding hydrogens is 328 g/mol. The lowest BCUT2D eigenvalue weighted by atomic mass is 9.90. The number of aryl methyl sites for hydroxylation is 3. The SMILES string of the molecule is CCn1c(SCC(=O)c2ccc3c(c2)CCCC3)nc2ccccc21. The van der Waals surface area contributed by atoms with Gasteiger partial charge in [-0.3, -0.25) is 4.79 Å². The number of benzene rings is 2. The van der Waals surface area contributed by atoms with Gasteiger partial charge in [-0.25, -0.2) is 4.98 Å². The van der Waals surface area contributed by atoms with Crippen molar-refractivity contribution in [2.24, 2.45) is 0 Å². The maximum Gasteiger partial charge on any atom is 0.173 e. The summed E-state index contributed by atoms with van der Waals surface area (Å²) in [6.45, 7) is 2.97. The van der Waals surface area contributed by atoms with E-state index in [2.05, 4.69) is 29.7 Å². The summed E-state index contributed by atoms with van der Waals surface area (Å²) >= 11 is 1.54. The molecule has 2 aromatic carbocycles. The monoisotopic (exact) mass is 350 g/mol. The van der Waals surface area contributed by atoms with Gasteiger partial charge >= 0.3 is 0 Å². The molecule has 128 valence electrons. The van der Waals surface area contributed by atoms with E-state index in [1.54, 1.807) is 11.8 Å². The van der Waals surface area contributed by atoms with Gasteiger partial charge in [0.15, 0.2) is 10.9 Å². The molecule has 1 heterocycles. The number of carbonyl (C=O) groups is 1. The van der Waals surface area contributed by atoms with Gasteiger partial charge in [-0.15, -0.1) is 0 Å². The van der Waals surface area contributed by atoms with Gasteiger partial charge in [-0.2, -0.15) is 0 Å². The zero-order valence-electron chi connectivity index (χ0n) is 14.5. The van der Waals surface area contributed by atoms with Gasteiger partial charge in [0.2, 0.25) is 0 Å². The molecule has 3 aromatic rings. The molecule has 0 aliphatic heterocycles. The van der Waals surface area contributed by atoms with Crippen LogP contribution >= 0.6 is 11.8 Å². The molecule has 1 aliphatic carbocycles. The summed E-state index contributed by atoms with van der Waals surface area (Å²) in [5.74, 6) is 0.621. The third-order valence-corrected chi connectivity index (χ3v) is 5.91. The highest BCUT2D eigenvalue weighted by Crippen LogP contribution is 2.26. The fourth-order valence-electron chi connectivity index (χ4n) is 3.59. The summed E-state index contributed by atoms with van der Waals surface area (Å²) in [4.78, 5) is 17.4. The van der Waals surface area contributed by atoms with E-state index < -0.39 is 0 Å². The van der Waals surface area contributed by atoms with Crippen molar-refractivity contribution in [2.45, 2.75) is 44.3 Å². The number of para-hydroxylation sites is 2. The number of thioether (sulfide) groups is 1. The molecule has 0 saturated heterocycles. The fourth-order valence-corrected chi connectivity index (χ4v) is 4.56. The van der Waals surface area contributed by atoms with Crippen molar-refractivity contribution in [3.63, 3.8) is 0 Å². The molecule has 0 atom stereocenters. The van der Waals surface area contributed by atoms with Crippen molar-refractivity contribution in [3.05, 3.63) is 59.2 Å². The highest BCUT2D eigenvalue weighted by molar-refractivity contribution is 7.99. The zero-order chi connectivity index (χ0) is 17.2. The van der Waals surface area contributed by atoms with Crippen LogP contribution in [0.1, 0.15) is 41.3 Å². The molecule has 1 aromatic heterocycles. The maximum atomic E-state index is 12.7. The molecule has 4 heteroatoms. The van der Waals surface area contributed by atoms with Crippen LogP contribution in [0.4, 0.5) is 0 Å². The largest absolute Gasteiger partial charge is 0.319 e. The van der Waals surface area contributed by atoms with Crippen LogP contribution in [-0.4, -0.2) is 21.1 Å². The Hall–Kier alpha value is -2.07. The van der Waals surface area contributed by atoms with E-state index in [0.717, 1.165) is 41.1 Å². The Labute approximate surface area is 152 Å². The molecule has 0 unspecified atom stereocenters. The number of nitrogens with zero attached hydrogens (tertiary/aromatic N) is 2. The molecule has 0 spiro atoms. The highest BCUT2D eigenvalue weighted by Gasteiger charge is 2.15. The standard InChI is InChI=1S/C21H22N2OS/c1-2-23-19-10-6-5-9-18(19)22-21(23)25-14-20(24)17-12-11-15-7-3-4-8-16(15)13-17/h5-6,9-13H,2-4,7-8,14H2,1H3. The molecule has 0 bridgehead atoms. The molecule has 3 nitrogen and oxygen atoms in total. The van der Waals surface area contributed by atoms with Gasteiger partial charge in [0, 0.05) is 12.1 Å². The molecule has 0 radical (unpaired) electrons. The van der Waals surface area contributed by atoms with Crippen LogP contribution in [0.3, 0.4) is 0 Å². The molecular formula is C21H22N2OS. The van der Waals surface area contributed by atoms with Gasteiger partial charge in [0.05, 0.1) is 16.8 Å². The average Bonchev–Trinajstić information content (AvgIpc) is 3.03. The minimum Gasteiger partial charge on any atom is -0.319 e. The van der Waals surface area contributed by atoms with Gasteiger partial charge in [-0.05, 0) is 61.9 Å². The summed E-state index contributed by atoms with van der Waals surface area (Å²) in [7, 11) is 0. The van der Waals surface area contributed by atoms with Gasteiger partial charge in [-0.1, -0.05) is 36.0 Å². The number of ketones is 1. The Morgan fingerprint density at radius 1 is 1.12 bits per heavy atom. The van der Waals surface area contributed by atoms with Crippen LogP contribution in [0.15, 0.2) is 47.6 Å². The number of rotatable bonds is 5. The van der Waals surface area contributed by atoms with E-state index in [9.17, 15) is 4.79 Å². The molecule has 4 rings (SSSR count). The highest BCUT2D eigenvalue weighted by atomic mass is 32.2. The van der Waals surface area contributed by atoms with Gasteiger partial charge in [0.1, 0.15) is 0 Å². The summed E-state index contributed by atoms with van der Waals surface area (Å²) in [5, 5.41) is 0.926. The molecule has 0 N–H and O–H groups in total. The van der Waals surface area contributed by atoms with E-state index >= 15 is 0 Å². The van der Waals surface area contributed by atoms with Crippen LogP contribution in [0, 0.1) is 0 Å². The number of hydrogen-bond acceptors (Lipinski definition) is 3. The Kier molecular flexibility index (Phi) is 4.62. The smallest absolute Gasteiger partial charge is 0.173 e. The number of aromatic nitrogens is 2. The Bertz CT molecular complexity index is 929. The number of hydrogen-bond donors (Lipinski definition) is 0. The molecule has 25 heavy (non-hydrogen) atoms. The van der Waals surface area contributed by atoms with Crippen LogP contribution in [0.25, 0.3) is 11.0 Å². The summed E-state index contributed by atoms with van der Waals surface area (Å²) in [6, 6.07) is 14.4.